The fourth-order valence-corrected chi connectivity index (χ4v) is 3.06. The average Bonchev–Trinajstić information content (AvgIpc) is 3.26. The highest BCUT2D eigenvalue weighted by molar-refractivity contribution is 5.77. The van der Waals surface area contributed by atoms with Crippen molar-refractivity contribution in [2.24, 2.45) is 0 Å². The molecule has 4 rings (SSSR count). The quantitative estimate of drug-likeness (QED) is 0.848. The number of aromatic nitrogens is 3. The fraction of sp³-hybridized carbons (Fsp3) is 0.500. The van der Waals surface area contributed by atoms with Crippen molar-refractivity contribution in [2.75, 3.05) is 13.1 Å². The summed E-state index contributed by atoms with van der Waals surface area (Å²) in [7, 11) is 0. The van der Waals surface area contributed by atoms with Crippen molar-refractivity contribution in [1.29, 1.82) is 0 Å². The summed E-state index contributed by atoms with van der Waals surface area (Å²) in [6.07, 6.45) is 5.45. The number of amides is 1. The normalized spacial score (nSPS) is 17.8. The van der Waals surface area contributed by atoms with E-state index in [9.17, 15) is 9.18 Å². The van der Waals surface area contributed by atoms with Crippen molar-refractivity contribution in [3.8, 4) is 0 Å². The number of halogens is 1. The molecule has 1 aliphatic heterocycles. The summed E-state index contributed by atoms with van der Waals surface area (Å²) < 4.78 is 15.4. The van der Waals surface area contributed by atoms with Gasteiger partial charge >= 0.3 is 0 Å². The van der Waals surface area contributed by atoms with Crippen LogP contribution in [0.2, 0.25) is 0 Å². The predicted octanol–water partition coefficient (Wildman–Crippen LogP) is 2.62. The summed E-state index contributed by atoms with van der Waals surface area (Å²) in [5, 5.41) is 8.41. The molecule has 6 heteroatoms. The van der Waals surface area contributed by atoms with E-state index in [2.05, 4.69) is 10.3 Å². The molecule has 1 aromatic heterocycles. The zero-order valence-electron chi connectivity index (χ0n) is 13.8. The maximum Gasteiger partial charge on any atom is 0.223 e. The van der Waals surface area contributed by atoms with Crippen LogP contribution in [0.15, 0.2) is 24.4 Å². The first-order chi connectivity index (χ1) is 11.6. The number of carbonyl (C=O) groups is 1. The third-order valence-corrected chi connectivity index (χ3v) is 4.98. The maximum absolute atomic E-state index is 13.5. The number of hydrogen-bond acceptors (Lipinski definition) is 3. The average molecular weight is 328 g/mol. The molecule has 0 N–H and O–H groups in total. The van der Waals surface area contributed by atoms with Gasteiger partial charge in [-0.3, -0.25) is 4.79 Å². The van der Waals surface area contributed by atoms with Gasteiger partial charge in [-0.25, -0.2) is 9.07 Å². The second kappa shape index (κ2) is 6.00. The van der Waals surface area contributed by atoms with Gasteiger partial charge in [-0.05, 0) is 43.4 Å². The molecule has 2 fully saturated rings. The van der Waals surface area contributed by atoms with E-state index >= 15 is 0 Å². The molecule has 0 radical (unpaired) electrons. The SMILES string of the molecule is Cc1ccc(CCC(=O)N2CC(n3cc(C4CC4)nn3)C2)cc1F. The zero-order valence-corrected chi connectivity index (χ0v) is 13.8. The Bertz CT molecular complexity index is 762. The molecule has 1 amide bonds. The Balaban J connectivity index is 1.26. The van der Waals surface area contributed by atoms with Crippen molar-refractivity contribution in [3.05, 3.63) is 47.0 Å². The van der Waals surface area contributed by atoms with Crippen molar-refractivity contribution < 1.29 is 9.18 Å². The first-order valence-corrected chi connectivity index (χ1v) is 8.54. The molecule has 24 heavy (non-hydrogen) atoms. The van der Waals surface area contributed by atoms with Crippen molar-refractivity contribution in [2.45, 2.75) is 44.6 Å². The van der Waals surface area contributed by atoms with Gasteiger partial charge in [-0.15, -0.1) is 5.10 Å². The van der Waals surface area contributed by atoms with Crippen LogP contribution < -0.4 is 0 Å². The highest BCUT2D eigenvalue weighted by Gasteiger charge is 2.34. The molecule has 2 heterocycles. The van der Waals surface area contributed by atoms with E-state index in [0.29, 0.717) is 37.4 Å². The van der Waals surface area contributed by atoms with Crippen molar-refractivity contribution in [3.63, 3.8) is 0 Å². The smallest absolute Gasteiger partial charge is 0.223 e. The van der Waals surface area contributed by atoms with Gasteiger partial charge in [0.15, 0.2) is 0 Å². The Hall–Kier alpha value is -2.24. The lowest BCUT2D eigenvalue weighted by Crippen LogP contribution is -2.51. The molecule has 1 aromatic carbocycles. The van der Waals surface area contributed by atoms with Gasteiger partial charge in [0.1, 0.15) is 5.82 Å². The number of aryl methyl sites for hydroxylation is 2. The highest BCUT2D eigenvalue weighted by atomic mass is 19.1. The number of carbonyl (C=O) groups excluding carboxylic acids is 1. The van der Waals surface area contributed by atoms with E-state index in [1.807, 2.05) is 21.8 Å². The highest BCUT2D eigenvalue weighted by Crippen LogP contribution is 2.39. The van der Waals surface area contributed by atoms with Crippen LogP contribution in [0, 0.1) is 12.7 Å². The number of rotatable bonds is 5. The van der Waals surface area contributed by atoms with Crippen LogP contribution in [-0.2, 0) is 11.2 Å². The summed E-state index contributed by atoms with van der Waals surface area (Å²) in [6, 6.07) is 5.41. The van der Waals surface area contributed by atoms with Crippen LogP contribution in [0.5, 0.6) is 0 Å². The zero-order chi connectivity index (χ0) is 16.7. The van der Waals surface area contributed by atoms with Gasteiger partial charge < -0.3 is 4.90 Å². The molecular formula is C18H21FN4O. The van der Waals surface area contributed by atoms with Crippen LogP contribution >= 0.6 is 0 Å². The molecule has 0 unspecified atom stereocenters. The molecule has 2 aromatic rings. The molecule has 2 aliphatic rings. The molecule has 1 saturated heterocycles. The van der Waals surface area contributed by atoms with E-state index in [4.69, 9.17) is 0 Å². The second-order valence-corrected chi connectivity index (χ2v) is 6.93. The Morgan fingerprint density at radius 2 is 2.12 bits per heavy atom. The van der Waals surface area contributed by atoms with Crippen LogP contribution in [0.1, 0.15) is 48.0 Å². The minimum absolute atomic E-state index is 0.120. The topological polar surface area (TPSA) is 51.0 Å². The summed E-state index contributed by atoms with van der Waals surface area (Å²) in [5.74, 6) is 0.517. The van der Waals surface area contributed by atoms with E-state index in [1.54, 1.807) is 13.0 Å². The van der Waals surface area contributed by atoms with Crippen molar-refractivity contribution >= 4 is 5.91 Å². The summed E-state index contributed by atoms with van der Waals surface area (Å²) in [5.41, 5.74) is 2.59. The minimum atomic E-state index is -0.207. The Morgan fingerprint density at radius 3 is 2.83 bits per heavy atom. The Labute approximate surface area is 140 Å². The molecular weight excluding hydrogens is 307 g/mol. The Morgan fingerprint density at radius 1 is 1.33 bits per heavy atom. The van der Waals surface area contributed by atoms with E-state index < -0.39 is 0 Å². The van der Waals surface area contributed by atoms with Crippen LogP contribution in [0.25, 0.3) is 0 Å². The Kier molecular flexibility index (Phi) is 3.82. The molecule has 0 atom stereocenters. The largest absolute Gasteiger partial charge is 0.338 e. The van der Waals surface area contributed by atoms with Gasteiger partial charge in [0, 0.05) is 31.6 Å². The maximum atomic E-state index is 13.5. The molecule has 0 bridgehead atoms. The monoisotopic (exact) mass is 328 g/mol. The van der Waals surface area contributed by atoms with Crippen LogP contribution in [-0.4, -0.2) is 38.9 Å². The van der Waals surface area contributed by atoms with Crippen LogP contribution in [0.3, 0.4) is 0 Å². The molecule has 126 valence electrons. The summed E-state index contributed by atoms with van der Waals surface area (Å²) in [6.45, 7) is 3.12. The first kappa shape index (κ1) is 15.3. The van der Waals surface area contributed by atoms with E-state index in [1.165, 1.54) is 18.9 Å². The number of nitrogens with zero attached hydrogens (tertiary/aromatic N) is 4. The standard InChI is InChI=1S/C18H21FN4O/c1-12-2-3-13(8-16(12)19)4-7-18(24)22-9-15(10-22)23-11-17(20-21-23)14-5-6-14/h2-3,8,11,14-15H,4-7,9-10H2,1H3. The van der Waals surface area contributed by atoms with Crippen LogP contribution in [0.4, 0.5) is 4.39 Å². The van der Waals surface area contributed by atoms with Gasteiger partial charge in [-0.2, -0.15) is 0 Å². The third-order valence-electron chi connectivity index (χ3n) is 4.98. The first-order valence-electron chi connectivity index (χ1n) is 8.54. The van der Waals surface area contributed by atoms with Crippen molar-refractivity contribution in [1.82, 2.24) is 19.9 Å². The van der Waals surface area contributed by atoms with Gasteiger partial charge in [0.25, 0.3) is 0 Å². The van der Waals surface area contributed by atoms with E-state index in [0.717, 1.165) is 11.3 Å². The fourth-order valence-electron chi connectivity index (χ4n) is 3.06. The lowest BCUT2D eigenvalue weighted by molar-refractivity contribution is -0.137. The lowest BCUT2D eigenvalue weighted by Gasteiger charge is -2.39. The number of likely N-dealkylation sites (tertiary alicyclic amines) is 1. The van der Waals surface area contributed by atoms with Gasteiger partial charge in [0.05, 0.1) is 11.7 Å². The molecule has 1 aliphatic carbocycles. The van der Waals surface area contributed by atoms with Gasteiger partial charge in [-0.1, -0.05) is 17.3 Å². The summed E-state index contributed by atoms with van der Waals surface area (Å²) in [4.78, 5) is 14.1. The van der Waals surface area contributed by atoms with E-state index in [-0.39, 0.29) is 17.8 Å². The predicted molar refractivity (Wildman–Crippen MR) is 87.1 cm³/mol. The summed E-state index contributed by atoms with van der Waals surface area (Å²) >= 11 is 0. The minimum Gasteiger partial charge on any atom is -0.338 e. The number of hydrogen-bond donors (Lipinski definition) is 0. The second-order valence-electron chi connectivity index (χ2n) is 6.93. The number of benzene rings is 1. The third kappa shape index (κ3) is 3.05. The molecule has 5 nitrogen and oxygen atoms in total. The lowest BCUT2D eigenvalue weighted by atomic mass is 10.0. The van der Waals surface area contributed by atoms with Gasteiger partial charge in [0.2, 0.25) is 5.91 Å². The molecule has 0 spiro atoms. The molecule has 1 saturated carbocycles.